The summed E-state index contributed by atoms with van der Waals surface area (Å²) in [5, 5.41) is 4.06. The highest BCUT2D eigenvalue weighted by molar-refractivity contribution is 6.37. The van der Waals surface area contributed by atoms with Crippen LogP contribution in [0.15, 0.2) is 60.7 Å². The number of carbonyl (C=O) groups is 1. The van der Waals surface area contributed by atoms with Crippen molar-refractivity contribution in [1.29, 1.82) is 0 Å². The van der Waals surface area contributed by atoms with E-state index in [1.54, 1.807) is 25.3 Å². The van der Waals surface area contributed by atoms with Crippen molar-refractivity contribution in [3.05, 3.63) is 87.8 Å². The van der Waals surface area contributed by atoms with Gasteiger partial charge in [0.2, 0.25) is 0 Å². The zero-order valence-electron chi connectivity index (χ0n) is 16.3. The SMILES string of the molecule is COc1ccc2[nH]c(C(=O)Nc3cc(Cl)c(OCc4cccc(F)c4)c(Cl)c3)cc2c1. The number of anilines is 1. The van der Waals surface area contributed by atoms with Crippen molar-refractivity contribution in [2.45, 2.75) is 6.61 Å². The molecule has 0 bridgehead atoms. The van der Waals surface area contributed by atoms with Gasteiger partial charge < -0.3 is 19.8 Å². The van der Waals surface area contributed by atoms with E-state index in [1.165, 1.54) is 24.3 Å². The number of nitrogens with one attached hydrogen (secondary N) is 2. The zero-order valence-corrected chi connectivity index (χ0v) is 17.9. The average Bonchev–Trinajstić information content (AvgIpc) is 3.16. The largest absolute Gasteiger partial charge is 0.497 e. The summed E-state index contributed by atoms with van der Waals surface area (Å²) in [6.07, 6.45) is 0. The van der Waals surface area contributed by atoms with Crippen LogP contribution in [0.1, 0.15) is 16.1 Å². The Bertz CT molecular complexity index is 1250. The van der Waals surface area contributed by atoms with Gasteiger partial charge in [0.1, 0.15) is 23.9 Å². The number of hydrogen-bond acceptors (Lipinski definition) is 3. The molecule has 0 aliphatic carbocycles. The molecular formula is C23H17Cl2FN2O3. The zero-order chi connectivity index (χ0) is 22.0. The molecule has 2 N–H and O–H groups in total. The van der Waals surface area contributed by atoms with Gasteiger partial charge in [-0.15, -0.1) is 0 Å². The molecule has 4 rings (SSSR count). The molecule has 0 aliphatic rings. The Morgan fingerprint density at radius 2 is 1.84 bits per heavy atom. The number of hydrogen-bond donors (Lipinski definition) is 2. The van der Waals surface area contributed by atoms with Crippen LogP contribution in [0.3, 0.4) is 0 Å². The monoisotopic (exact) mass is 458 g/mol. The van der Waals surface area contributed by atoms with Gasteiger partial charge in [-0.2, -0.15) is 0 Å². The maximum Gasteiger partial charge on any atom is 0.272 e. The first-order valence-electron chi connectivity index (χ1n) is 9.27. The molecule has 0 aliphatic heterocycles. The number of H-pyrrole nitrogens is 1. The quantitative estimate of drug-likeness (QED) is 0.348. The highest BCUT2D eigenvalue weighted by Crippen LogP contribution is 2.36. The van der Waals surface area contributed by atoms with Crippen LogP contribution in [0.5, 0.6) is 11.5 Å². The number of aromatic nitrogens is 1. The van der Waals surface area contributed by atoms with Gasteiger partial charge in [0, 0.05) is 16.6 Å². The van der Waals surface area contributed by atoms with Crippen LogP contribution >= 0.6 is 23.2 Å². The third-order valence-corrected chi connectivity index (χ3v) is 5.16. The molecule has 0 radical (unpaired) electrons. The standard InChI is InChI=1S/C23H17Cl2FN2O3/c1-30-17-5-6-20-14(8-17)9-21(28-20)23(29)27-16-10-18(24)22(19(25)11-16)31-12-13-3-2-4-15(26)7-13/h2-11,28H,12H2,1H3,(H,27,29). The Morgan fingerprint density at radius 1 is 1.06 bits per heavy atom. The second-order valence-electron chi connectivity index (χ2n) is 6.78. The fourth-order valence-electron chi connectivity index (χ4n) is 3.11. The van der Waals surface area contributed by atoms with E-state index in [9.17, 15) is 9.18 Å². The predicted octanol–water partition coefficient (Wildman–Crippen LogP) is 6.45. The van der Waals surface area contributed by atoms with Gasteiger partial charge in [0.05, 0.1) is 17.2 Å². The Kier molecular flexibility index (Phi) is 6.02. The number of halogens is 3. The molecule has 8 heteroatoms. The normalized spacial score (nSPS) is 10.8. The van der Waals surface area contributed by atoms with E-state index in [0.717, 1.165) is 10.9 Å². The molecule has 1 amide bonds. The molecule has 0 spiro atoms. The fourth-order valence-corrected chi connectivity index (χ4v) is 3.71. The topological polar surface area (TPSA) is 63.4 Å². The van der Waals surface area contributed by atoms with Crippen molar-refractivity contribution in [3.63, 3.8) is 0 Å². The molecule has 0 atom stereocenters. The van der Waals surface area contributed by atoms with Gasteiger partial charge in [0.25, 0.3) is 5.91 Å². The molecule has 158 valence electrons. The first kappa shape index (κ1) is 21.0. The number of amides is 1. The van der Waals surface area contributed by atoms with Crippen LogP contribution in [0, 0.1) is 5.82 Å². The first-order valence-corrected chi connectivity index (χ1v) is 10.0. The second kappa shape index (κ2) is 8.88. The number of methoxy groups -OCH3 is 1. The van der Waals surface area contributed by atoms with Crippen LogP contribution in [0.25, 0.3) is 10.9 Å². The molecule has 3 aromatic carbocycles. The van der Waals surface area contributed by atoms with E-state index in [2.05, 4.69) is 10.3 Å². The third-order valence-electron chi connectivity index (χ3n) is 4.60. The molecular weight excluding hydrogens is 442 g/mol. The summed E-state index contributed by atoms with van der Waals surface area (Å²) < 4.78 is 24.2. The van der Waals surface area contributed by atoms with Crippen molar-refractivity contribution in [3.8, 4) is 11.5 Å². The van der Waals surface area contributed by atoms with Crippen LogP contribution in [-0.4, -0.2) is 18.0 Å². The Balaban J connectivity index is 1.49. The summed E-state index contributed by atoms with van der Waals surface area (Å²) in [5.74, 6) is 0.247. The Labute approximate surface area is 187 Å². The number of fused-ring (bicyclic) bond motifs is 1. The minimum absolute atomic E-state index is 0.0986. The number of aromatic amines is 1. The lowest BCUT2D eigenvalue weighted by Gasteiger charge is -2.12. The summed E-state index contributed by atoms with van der Waals surface area (Å²) in [5.41, 5.74) is 2.24. The lowest BCUT2D eigenvalue weighted by Crippen LogP contribution is -2.12. The fraction of sp³-hybridized carbons (Fsp3) is 0.0870. The van der Waals surface area contributed by atoms with Gasteiger partial charge >= 0.3 is 0 Å². The van der Waals surface area contributed by atoms with E-state index >= 15 is 0 Å². The second-order valence-corrected chi connectivity index (χ2v) is 7.59. The summed E-state index contributed by atoms with van der Waals surface area (Å²) in [7, 11) is 1.58. The number of carbonyl (C=O) groups excluding carboxylic acids is 1. The van der Waals surface area contributed by atoms with Crippen molar-refractivity contribution in [2.75, 3.05) is 12.4 Å². The van der Waals surface area contributed by atoms with Crippen molar-refractivity contribution >= 4 is 45.7 Å². The van der Waals surface area contributed by atoms with Crippen molar-refractivity contribution in [2.24, 2.45) is 0 Å². The van der Waals surface area contributed by atoms with Crippen LogP contribution in [0.4, 0.5) is 10.1 Å². The number of rotatable bonds is 6. The molecule has 5 nitrogen and oxygen atoms in total. The van der Waals surface area contributed by atoms with Crippen LogP contribution in [-0.2, 0) is 6.61 Å². The van der Waals surface area contributed by atoms with Crippen LogP contribution < -0.4 is 14.8 Å². The van der Waals surface area contributed by atoms with Gasteiger partial charge in [-0.3, -0.25) is 4.79 Å². The minimum Gasteiger partial charge on any atom is -0.497 e. The van der Waals surface area contributed by atoms with E-state index < -0.39 is 0 Å². The van der Waals surface area contributed by atoms with Crippen LogP contribution in [0.2, 0.25) is 10.0 Å². The predicted molar refractivity (Wildman–Crippen MR) is 120 cm³/mol. The molecule has 31 heavy (non-hydrogen) atoms. The van der Waals surface area contributed by atoms with E-state index in [4.69, 9.17) is 32.7 Å². The molecule has 1 aromatic heterocycles. The maximum atomic E-state index is 13.3. The Morgan fingerprint density at radius 3 is 2.55 bits per heavy atom. The van der Waals surface area contributed by atoms with Gasteiger partial charge in [0.15, 0.2) is 5.75 Å². The van der Waals surface area contributed by atoms with Gasteiger partial charge in [-0.05, 0) is 54.1 Å². The molecule has 0 saturated heterocycles. The first-order chi connectivity index (χ1) is 14.9. The smallest absolute Gasteiger partial charge is 0.272 e. The van der Waals surface area contributed by atoms with Gasteiger partial charge in [-0.1, -0.05) is 35.3 Å². The number of benzene rings is 3. The third kappa shape index (κ3) is 4.76. The summed E-state index contributed by atoms with van der Waals surface area (Å²) >= 11 is 12.6. The average molecular weight is 459 g/mol. The molecule has 1 heterocycles. The van der Waals surface area contributed by atoms with Crippen molar-refractivity contribution < 1.29 is 18.7 Å². The van der Waals surface area contributed by atoms with E-state index in [-0.39, 0.29) is 34.1 Å². The van der Waals surface area contributed by atoms with Crippen molar-refractivity contribution in [1.82, 2.24) is 4.98 Å². The highest BCUT2D eigenvalue weighted by atomic mass is 35.5. The lowest BCUT2D eigenvalue weighted by atomic mass is 10.2. The molecule has 0 unspecified atom stereocenters. The minimum atomic E-state index is -0.355. The molecule has 0 fully saturated rings. The Hall–Kier alpha value is -3.22. The molecule has 0 saturated carbocycles. The molecule has 4 aromatic rings. The van der Waals surface area contributed by atoms with E-state index in [0.29, 0.717) is 22.7 Å². The summed E-state index contributed by atoms with van der Waals surface area (Å²) in [6, 6.07) is 16.3. The summed E-state index contributed by atoms with van der Waals surface area (Å²) in [6.45, 7) is 0.0986. The van der Waals surface area contributed by atoms with E-state index in [1.807, 2.05) is 18.2 Å². The maximum absolute atomic E-state index is 13.3. The lowest BCUT2D eigenvalue weighted by molar-refractivity contribution is 0.102. The number of ether oxygens (including phenoxy) is 2. The van der Waals surface area contributed by atoms with Gasteiger partial charge in [-0.25, -0.2) is 4.39 Å². The highest BCUT2D eigenvalue weighted by Gasteiger charge is 2.15. The summed E-state index contributed by atoms with van der Waals surface area (Å²) in [4.78, 5) is 15.7.